The summed E-state index contributed by atoms with van der Waals surface area (Å²) in [5.74, 6) is 0.735. The molecule has 3 aliphatic rings. The van der Waals surface area contributed by atoms with Gasteiger partial charge in [-0.05, 0) is 0 Å². The van der Waals surface area contributed by atoms with Gasteiger partial charge >= 0.3 is 113 Å². The second kappa shape index (κ2) is 6.73. The molecule has 1 unspecified atom stereocenters. The second-order valence-corrected chi connectivity index (χ2v) is 6.28. The molecule has 0 bridgehead atoms. The first-order valence-electron chi connectivity index (χ1n) is 6.35. The first-order chi connectivity index (χ1) is 7.83. The van der Waals surface area contributed by atoms with E-state index in [4.69, 9.17) is 0 Å². The Labute approximate surface area is 137 Å². The molecule has 18 heavy (non-hydrogen) atoms. The molecular weight excluding hydrogens is 342 g/mol. The molecule has 0 saturated heterocycles. The van der Waals surface area contributed by atoms with Gasteiger partial charge in [-0.15, -0.1) is 0 Å². The molecule has 0 amide bonds. The molecule has 0 aromatic rings. The summed E-state index contributed by atoms with van der Waals surface area (Å²) >= 11 is 1.65. The van der Waals surface area contributed by atoms with E-state index in [1.54, 1.807) is 50.3 Å². The van der Waals surface area contributed by atoms with Gasteiger partial charge in [0.1, 0.15) is 0 Å². The van der Waals surface area contributed by atoms with Crippen LogP contribution in [0.25, 0.3) is 0 Å². The van der Waals surface area contributed by atoms with Gasteiger partial charge in [0.15, 0.2) is 0 Å². The summed E-state index contributed by atoms with van der Waals surface area (Å²) in [7, 11) is 0. The average molecular weight is 359 g/mol. The van der Waals surface area contributed by atoms with Crippen molar-refractivity contribution in [1.82, 2.24) is 0 Å². The van der Waals surface area contributed by atoms with Crippen molar-refractivity contribution in [1.29, 1.82) is 0 Å². The third-order valence-electron chi connectivity index (χ3n) is 4.03. The SMILES string of the molecule is CCCC1=[C]([Zr+2])C(C2=CC=CC2)C2=C1CC2.[Cl-].[Cl-]. The van der Waals surface area contributed by atoms with Gasteiger partial charge in [-0.2, -0.15) is 0 Å². The van der Waals surface area contributed by atoms with E-state index in [2.05, 4.69) is 25.2 Å². The van der Waals surface area contributed by atoms with Gasteiger partial charge in [0.05, 0.1) is 0 Å². The Morgan fingerprint density at radius 2 is 2.06 bits per heavy atom. The molecule has 3 rings (SSSR count). The van der Waals surface area contributed by atoms with Crippen molar-refractivity contribution in [3.8, 4) is 0 Å². The van der Waals surface area contributed by atoms with Crippen LogP contribution in [-0.2, 0) is 24.7 Å². The van der Waals surface area contributed by atoms with Crippen molar-refractivity contribution in [2.75, 3.05) is 0 Å². The fraction of sp³-hybridized carbons (Fsp3) is 0.467. The molecule has 0 aliphatic heterocycles. The van der Waals surface area contributed by atoms with Crippen LogP contribution < -0.4 is 24.8 Å². The smallest absolute Gasteiger partial charge is 1.00 e. The summed E-state index contributed by atoms with van der Waals surface area (Å²) in [6.45, 7) is 2.30. The summed E-state index contributed by atoms with van der Waals surface area (Å²) in [4.78, 5) is 0. The maximum Gasteiger partial charge on any atom is -1.00 e. The van der Waals surface area contributed by atoms with Gasteiger partial charge in [-0.3, -0.25) is 0 Å². The summed E-state index contributed by atoms with van der Waals surface area (Å²) in [6, 6.07) is 0. The largest absolute Gasteiger partial charge is 1.00 e. The molecule has 0 aromatic heterocycles. The first-order valence-corrected chi connectivity index (χ1v) is 7.58. The Hall–Kier alpha value is 0.423. The number of hydrogen-bond donors (Lipinski definition) is 0. The van der Waals surface area contributed by atoms with Gasteiger partial charge < -0.3 is 24.8 Å². The van der Waals surface area contributed by atoms with E-state index >= 15 is 0 Å². The number of halogens is 2. The topological polar surface area (TPSA) is 0 Å². The fourth-order valence-corrected chi connectivity index (χ4v) is 4.75. The zero-order valence-electron chi connectivity index (χ0n) is 10.6. The van der Waals surface area contributed by atoms with E-state index in [9.17, 15) is 0 Å². The van der Waals surface area contributed by atoms with E-state index in [1.165, 1.54) is 32.1 Å². The third kappa shape index (κ3) is 2.51. The molecule has 0 radical (unpaired) electrons. The Bertz CT molecular complexity index is 455. The van der Waals surface area contributed by atoms with Crippen LogP contribution in [0.1, 0.15) is 39.0 Å². The minimum Gasteiger partial charge on any atom is -1.00 e. The van der Waals surface area contributed by atoms with Crippen LogP contribution in [0.3, 0.4) is 0 Å². The molecule has 0 nitrogen and oxygen atoms in total. The maximum atomic E-state index is 2.35. The molecule has 95 valence electrons. The maximum absolute atomic E-state index is 2.35. The number of rotatable bonds is 3. The number of hydrogen-bond acceptors (Lipinski definition) is 0. The molecule has 3 heteroatoms. The van der Waals surface area contributed by atoms with Crippen LogP contribution >= 0.6 is 0 Å². The Morgan fingerprint density at radius 1 is 1.28 bits per heavy atom. The van der Waals surface area contributed by atoms with Crippen LogP contribution in [0.2, 0.25) is 0 Å². The predicted molar refractivity (Wildman–Crippen MR) is 63.5 cm³/mol. The quantitative estimate of drug-likeness (QED) is 0.558. The average Bonchev–Trinajstić information content (AvgIpc) is 2.80. The van der Waals surface area contributed by atoms with Crippen LogP contribution in [0, 0.1) is 5.92 Å². The van der Waals surface area contributed by atoms with Gasteiger partial charge in [0, 0.05) is 0 Å². The summed E-state index contributed by atoms with van der Waals surface area (Å²) in [5, 5.41) is 0. The minimum atomic E-state index is 0. The Kier molecular flexibility index (Phi) is 6.16. The van der Waals surface area contributed by atoms with E-state index in [-0.39, 0.29) is 24.8 Å². The zero-order valence-corrected chi connectivity index (χ0v) is 14.6. The standard InChI is InChI=1S/C15H17.2ClH.Zr/c1-2-5-12-10-15(11-6-3-4-7-11)14-9-8-13(12)14;;;/h3-4,6,15H,2,5,7-9H2,1H3;2*1H;/q;;;+2/p-2. The summed E-state index contributed by atoms with van der Waals surface area (Å²) in [6.07, 6.45) is 13.4. The summed E-state index contributed by atoms with van der Waals surface area (Å²) in [5.41, 5.74) is 6.95. The molecule has 0 aromatic carbocycles. The monoisotopic (exact) mass is 357 g/mol. The van der Waals surface area contributed by atoms with E-state index in [1.807, 2.05) is 0 Å². The van der Waals surface area contributed by atoms with Gasteiger partial charge in [-0.1, -0.05) is 0 Å². The predicted octanol–water partition coefficient (Wildman–Crippen LogP) is -1.80. The van der Waals surface area contributed by atoms with Gasteiger partial charge in [-0.25, -0.2) is 0 Å². The van der Waals surface area contributed by atoms with Crippen LogP contribution in [0.4, 0.5) is 0 Å². The molecule has 0 spiro atoms. The molecule has 0 N–H and O–H groups in total. The Balaban J connectivity index is 0.000000810. The van der Waals surface area contributed by atoms with Crippen molar-refractivity contribution in [2.24, 2.45) is 5.92 Å². The zero-order chi connectivity index (χ0) is 11.1. The van der Waals surface area contributed by atoms with E-state index in [0.717, 1.165) is 5.92 Å². The Morgan fingerprint density at radius 3 is 2.56 bits per heavy atom. The fourth-order valence-electron chi connectivity index (χ4n) is 3.19. The third-order valence-corrected chi connectivity index (χ3v) is 5.48. The van der Waals surface area contributed by atoms with Crippen molar-refractivity contribution >= 4 is 0 Å². The van der Waals surface area contributed by atoms with Crippen molar-refractivity contribution in [2.45, 2.75) is 39.0 Å². The van der Waals surface area contributed by atoms with Gasteiger partial charge in [0.2, 0.25) is 0 Å². The summed E-state index contributed by atoms with van der Waals surface area (Å²) < 4.78 is 1.76. The molecule has 1 atom stereocenters. The van der Waals surface area contributed by atoms with Crippen molar-refractivity contribution in [3.63, 3.8) is 0 Å². The molecular formula is C15H17Cl2Zr. The number of allylic oxidation sites excluding steroid dienone is 8. The molecule has 3 aliphatic carbocycles. The molecule has 0 heterocycles. The van der Waals surface area contributed by atoms with Crippen molar-refractivity contribution < 1.29 is 49.5 Å². The molecule has 0 saturated carbocycles. The second-order valence-electron chi connectivity index (χ2n) is 4.95. The van der Waals surface area contributed by atoms with Crippen LogP contribution in [0.5, 0.6) is 0 Å². The van der Waals surface area contributed by atoms with Crippen molar-refractivity contribution in [3.05, 3.63) is 43.8 Å². The first kappa shape index (κ1) is 16.5. The van der Waals surface area contributed by atoms with Crippen LogP contribution in [-0.4, -0.2) is 0 Å². The molecule has 0 fully saturated rings. The van der Waals surface area contributed by atoms with E-state index < -0.39 is 0 Å². The normalized spacial score (nSPS) is 24.4. The van der Waals surface area contributed by atoms with E-state index in [0.29, 0.717) is 0 Å². The van der Waals surface area contributed by atoms with Crippen LogP contribution in [0.15, 0.2) is 43.8 Å². The minimum absolute atomic E-state index is 0. The van der Waals surface area contributed by atoms with Gasteiger partial charge in [0.25, 0.3) is 0 Å².